The van der Waals surface area contributed by atoms with Crippen molar-refractivity contribution in [3.8, 4) is 0 Å². The first-order valence-corrected chi connectivity index (χ1v) is 8.71. The van der Waals surface area contributed by atoms with Crippen LogP contribution < -0.4 is 5.32 Å². The Labute approximate surface area is 125 Å². The molecule has 1 aliphatic heterocycles. The van der Waals surface area contributed by atoms with Crippen LogP contribution in [0.2, 0.25) is 0 Å². The molecule has 0 aromatic carbocycles. The van der Waals surface area contributed by atoms with Gasteiger partial charge in [0.2, 0.25) is 11.7 Å². The number of aromatic nitrogens is 2. The Hall–Kier alpha value is -0.590. The fourth-order valence-electron chi connectivity index (χ4n) is 2.54. The van der Waals surface area contributed by atoms with Crippen LogP contribution >= 0.6 is 11.8 Å². The third-order valence-corrected chi connectivity index (χ3v) is 4.72. The first-order valence-electron chi connectivity index (χ1n) is 7.56. The highest BCUT2D eigenvalue weighted by Crippen LogP contribution is 2.33. The Kier molecular flexibility index (Phi) is 6.32. The summed E-state index contributed by atoms with van der Waals surface area (Å²) < 4.78 is 11.2. The van der Waals surface area contributed by atoms with E-state index in [0.717, 1.165) is 36.8 Å². The molecule has 0 bridgehead atoms. The van der Waals surface area contributed by atoms with Crippen molar-refractivity contribution >= 4 is 11.8 Å². The molecule has 1 aromatic heterocycles. The van der Waals surface area contributed by atoms with Crippen molar-refractivity contribution in [1.82, 2.24) is 15.5 Å². The second kappa shape index (κ2) is 8.00. The highest BCUT2D eigenvalue weighted by Gasteiger charge is 2.33. The summed E-state index contributed by atoms with van der Waals surface area (Å²) in [5, 5.41) is 7.65. The zero-order valence-electron chi connectivity index (χ0n) is 12.6. The highest BCUT2D eigenvalue weighted by atomic mass is 32.2. The normalized spacial score (nSPS) is 24.1. The van der Waals surface area contributed by atoms with Crippen LogP contribution in [0.15, 0.2) is 4.52 Å². The van der Waals surface area contributed by atoms with E-state index in [1.54, 1.807) is 0 Å². The molecule has 20 heavy (non-hydrogen) atoms. The Morgan fingerprint density at radius 2 is 2.25 bits per heavy atom. The van der Waals surface area contributed by atoms with Gasteiger partial charge in [-0.1, -0.05) is 25.4 Å². The lowest BCUT2D eigenvalue weighted by atomic mass is 10.0. The van der Waals surface area contributed by atoms with Crippen LogP contribution in [-0.4, -0.2) is 40.8 Å². The zero-order valence-corrected chi connectivity index (χ0v) is 13.4. The molecule has 0 radical (unpaired) electrons. The number of hydrogen-bond donors (Lipinski definition) is 1. The van der Waals surface area contributed by atoms with Gasteiger partial charge in [0.25, 0.3) is 0 Å². The standard InChI is InChI=1S/C14H25N3O2S/c1-4-7-12(18-6-3)13-16-14(19-17-13)10-8-20-9-11(10)15-5-2/h10-12,15H,4-9H2,1-3H3. The van der Waals surface area contributed by atoms with Gasteiger partial charge >= 0.3 is 0 Å². The van der Waals surface area contributed by atoms with Crippen LogP contribution in [0.5, 0.6) is 0 Å². The number of thioether (sulfide) groups is 1. The molecule has 3 unspecified atom stereocenters. The molecule has 2 rings (SSSR count). The molecule has 1 saturated heterocycles. The van der Waals surface area contributed by atoms with E-state index < -0.39 is 0 Å². The Morgan fingerprint density at radius 1 is 1.40 bits per heavy atom. The quantitative estimate of drug-likeness (QED) is 0.796. The average Bonchev–Trinajstić information content (AvgIpc) is 3.07. The van der Waals surface area contributed by atoms with Gasteiger partial charge in [0.15, 0.2) is 0 Å². The van der Waals surface area contributed by atoms with Gasteiger partial charge < -0.3 is 14.6 Å². The van der Waals surface area contributed by atoms with E-state index >= 15 is 0 Å². The van der Waals surface area contributed by atoms with Gasteiger partial charge in [-0.3, -0.25) is 0 Å². The lowest BCUT2D eigenvalue weighted by Crippen LogP contribution is -2.34. The summed E-state index contributed by atoms with van der Waals surface area (Å²) in [4.78, 5) is 4.61. The minimum atomic E-state index is -0.0332. The highest BCUT2D eigenvalue weighted by molar-refractivity contribution is 7.99. The molecule has 0 spiro atoms. The molecule has 6 heteroatoms. The van der Waals surface area contributed by atoms with Crippen molar-refractivity contribution < 1.29 is 9.26 Å². The minimum Gasteiger partial charge on any atom is -0.370 e. The number of nitrogens with one attached hydrogen (secondary N) is 1. The zero-order chi connectivity index (χ0) is 14.4. The molecular weight excluding hydrogens is 274 g/mol. The Balaban J connectivity index is 2.06. The largest absolute Gasteiger partial charge is 0.370 e. The van der Waals surface area contributed by atoms with Crippen molar-refractivity contribution in [2.45, 2.75) is 51.7 Å². The molecule has 1 N–H and O–H groups in total. The summed E-state index contributed by atoms with van der Waals surface area (Å²) in [6.07, 6.45) is 1.95. The molecule has 114 valence electrons. The summed E-state index contributed by atoms with van der Waals surface area (Å²) in [5.74, 6) is 3.95. The van der Waals surface area contributed by atoms with E-state index in [1.165, 1.54) is 0 Å². The minimum absolute atomic E-state index is 0.0332. The summed E-state index contributed by atoms with van der Waals surface area (Å²) in [5.41, 5.74) is 0. The SMILES string of the molecule is CCCC(OCC)c1noc(C2CSCC2NCC)n1. The summed E-state index contributed by atoms with van der Waals surface area (Å²) in [6.45, 7) is 7.92. The average molecular weight is 299 g/mol. The summed E-state index contributed by atoms with van der Waals surface area (Å²) in [7, 11) is 0. The fraction of sp³-hybridized carbons (Fsp3) is 0.857. The third kappa shape index (κ3) is 3.74. The molecule has 1 fully saturated rings. The van der Waals surface area contributed by atoms with E-state index in [4.69, 9.17) is 9.26 Å². The van der Waals surface area contributed by atoms with Crippen molar-refractivity contribution in [1.29, 1.82) is 0 Å². The monoisotopic (exact) mass is 299 g/mol. The molecule has 0 amide bonds. The first kappa shape index (κ1) is 15.8. The number of ether oxygens (including phenoxy) is 1. The van der Waals surface area contributed by atoms with Crippen LogP contribution in [0.1, 0.15) is 57.3 Å². The lowest BCUT2D eigenvalue weighted by molar-refractivity contribution is 0.0477. The lowest BCUT2D eigenvalue weighted by Gasteiger charge is -2.15. The molecule has 3 atom stereocenters. The van der Waals surface area contributed by atoms with Crippen molar-refractivity contribution in [3.05, 3.63) is 11.7 Å². The Bertz CT molecular complexity index is 394. The van der Waals surface area contributed by atoms with Crippen molar-refractivity contribution in [2.75, 3.05) is 24.7 Å². The molecule has 0 saturated carbocycles. The predicted octanol–water partition coefficient (Wildman–Crippen LogP) is 2.76. The fourth-order valence-corrected chi connectivity index (χ4v) is 3.91. The van der Waals surface area contributed by atoms with Gasteiger partial charge in [-0.25, -0.2) is 0 Å². The maximum atomic E-state index is 5.71. The van der Waals surface area contributed by atoms with Crippen LogP contribution in [-0.2, 0) is 4.74 Å². The number of likely N-dealkylation sites (N-methyl/N-ethyl adjacent to an activating group) is 1. The maximum Gasteiger partial charge on any atom is 0.232 e. The van der Waals surface area contributed by atoms with Crippen LogP contribution in [0.3, 0.4) is 0 Å². The molecule has 0 aliphatic carbocycles. The number of nitrogens with zero attached hydrogens (tertiary/aromatic N) is 2. The number of rotatable bonds is 8. The van der Waals surface area contributed by atoms with Crippen LogP contribution in [0, 0.1) is 0 Å². The molecule has 1 aliphatic rings. The van der Waals surface area contributed by atoms with Crippen LogP contribution in [0.25, 0.3) is 0 Å². The van der Waals surface area contributed by atoms with E-state index in [9.17, 15) is 0 Å². The smallest absolute Gasteiger partial charge is 0.232 e. The van der Waals surface area contributed by atoms with E-state index in [-0.39, 0.29) is 6.10 Å². The van der Waals surface area contributed by atoms with E-state index in [1.807, 2.05) is 18.7 Å². The molecule has 2 heterocycles. The Morgan fingerprint density at radius 3 is 2.95 bits per heavy atom. The summed E-state index contributed by atoms with van der Waals surface area (Å²) >= 11 is 1.94. The van der Waals surface area contributed by atoms with Gasteiger partial charge in [0.05, 0.1) is 5.92 Å². The third-order valence-electron chi connectivity index (χ3n) is 3.53. The predicted molar refractivity (Wildman–Crippen MR) is 81.1 cm³/mol. The molecular formula is C14H25N3O2S. The van der Waals surface area contributed by atoms with E-state index in [0.29, 0.717) is 24.4 Å². The second-order valence-corrected chi connectivity index (χ2v) is 6.11. The number of hydrogen-bond acceptors (Lipinski definition) is 6. The van der Waals surface area contributed by atoms with Gasteiger partial charge in [0.1, 0.15) is 6.10 Å². The van der Waals surface area contributed by atoms with Gasteiger partial charge in [-0.2, -0.15) is 16.7 Å². The topological polar surface area (TPSA) is 60.2 Å². The van der Waals surface area contributed by atoms with Gasteiger partial charge in [0, 0.05) is 24.2 Å². The van der Waals surface area contributed by atoms with Gasteiger partial charge in [-0.05, 0) is 19.9 Å². The first-order chi connectivity index (χ1) is 9.80. The van der Waals surface area contributed by atoms with Crippen LogP contribution in [0.4, 0.5) is 0 Å². The molecule has 5 nitrogen and oxygen atoms in total. The maximum absolute atomic E-state index is 5.71. The van der Waals surface area contributed by atoms with Gasteiger partial charge in [-0.15, -0.1) is 0 Å². The molecule has 1 aromatic rings. The van der Waals surface area contributed by atoms with Crippen molar-refractivity contribution in [2.24, 2.45) is 0 Å². The van der Waals surface area contributed by atoms with E-state index in [2.05, 4.69) is 29.3 Å². The second-order valence-electron chi connectivity index (χ2n) is 5.03. The van der Waals surface area contributed by atoms with Crippen molar-refractivity contribution in [3.63, 3.8) is 0 Å². The summed E-state index contributed by atoms with van der Waals surface area (Å²) in [6, 6.07) is 0.440.